The number of carbonyl (C=O) groups excluding carboxylic acids is 2. The average Bonchev–Trinajstić information content (AvgIpc) is 3.24. The highest BCUT2D eigenvalue weighted by Gasteiger charge is 2.27. The first-order valence-electron chi connectivity index (χ1n) is 9.37. The number of hydrogen-bond donors (Lipinski definition) is 2. The number of aromatic nitrogens is 2. The van der Waals surface area contributed by atoms with Crippen molar-refractivity contribution in [3.8, 4) is 0 Å². The van der Waals surface area contributed by atoms with E-state index in [1.54, 1.807) is 17.9 Å². The number of anilines is 1. The van der Waals surface area contributed by atoms with Gasteiger partial charge in [-0.2, -0.15) is 5.10 Å². The second kappa shape index (κ2) is 8.35. The SMILES string of the molecule is CCNC(=O)[C@H]1CCN(Cc2ccc(C(=O)Nc3c(C)cnn3C)cc2)C1. The molecule has 0 unspecified atom stereocenters. The highest BCUT2D eigenvalue weighted by molar-refractivity contribution is 6.04. The van der Waals surface area contributed by atoms with Gasteiger partial charge in [-0.1, -0.05) is 12.1 Å². The van der Waals surface area contributed by atoms with Gasteiger partial charge in [0.1, 0.15) is 5.82 Å². The van der Waals surface area contributed by atoms with Crippen LogP contribution in [-0.4, -0.2) is 46.1 Å². The molecule has 27 heavy (non-hydrogen) atoms. The maximum atomic E-state index is 12.4. The van der Waals surface area contributed by atoms with Gasteiger partial charge in [-0.25, -0.2) is 0 Å². The summed E-state index contributed by atoms with van der Waals surface area (Å²) in [6, 6.07) is 7.64. The van der Waals surface area contributed by atoms with Crippen molar-refractivity contribution >= 4 is 17.6 Å². The van der Waals surface area contributed by atoms with Gasteiger partial charge in [-0.3, -0.25) is 19.2 Å². The molecule has 2 heterocycles. The summed E-state index contributed by atoms with van der Waals surface area (Å²) in [7, 11) is 1.80. The Morgan fingerprint density at radius 1 is 1.26 bits per heavy atom. The lowest BCUT2D eigenvalue weighted by Gasteiger charge is -2.16. The van der Waals surface area contributed by atoms with Crippen molar-refractivity contribution in [2.75, 3.05) is 25.0 Å². The maximum Gasteiger partial charge on any atom is 0.256 e. The third kappa shape index (κ3) is 4.54. The van der Waals surface area contributed by atoms with E-state index < -0.39 is 0 Å². The molecule has 7 heteroatoms. The highest BCUT2D eigenvalue weighted by Crippen LogP contribution is 2.19. The Hall–Kier alpha value is -2.67. The molecular weight excluding hydrogens is 342 g/mol. The average molecular weight is 369 g/mol. The molecule has 2 amide bonds. The lowest BCUT2D eigenvalue weighted by molar-refractivity contribution is -0.124. The van der Waals surface area contributed by atoms with Crippen LogP contribution in [0.1, 0.15) is 34.8 Å². The molecule has 1 aromatic heterocycles. The van der Waals surface area contributed by atoms with Gasteiger partial charge >= 0.3 is 0 Å². The molecule has 1 aliphatic rings. The summed E-state index contributed by atoms with van der Waals surface area (Å²) in [6.07, 6.45) is 2.62. The van der Waals surface area contributed by atoms with E-state index in [-0.39, 0.29) is 17.7 Å². The zero-order valence-electron chi connectivity index (χ0n) is 16.2. The fourth-order valence-electron chi connectivity index (χ4n) is 3.44. The van der Waals surface area contributed by atoms with Crippen LogP contribution in [0.15, 0.2) is 30.5 Å². The van der Waals surface area contributed by atoms with Crippen molar-refractivity contribution in [1.29, 1.82) is 0 Å². The van der Waals surface area contributed by atoms with Gasteiger partial charge in [-0.05, 0) is 44.5 Å². The third-order valence-electron chi connectivity index (χ3n) is 4.97. The van der Waals surface area contributed by atoms with Gasteiger partial charge in [0.05, 0.1) is 12.1 Å². The van der Waals surface area contributed by atoms with Crippen LogP contribution in [0.3, 0.4) is 0 Å². The van der Waals surface area contributed by atoms with Crippen molar-refractivity contribution in [3.63, 3.8) is 0 Å². The number of rotatable bonds is 6. The van der Waals surface area contributed by atoms with Crippen LogP contribution in [0.25, 0.3) is 0 Å². The van der Waals surface area contributed by atoms with Gasteiger partial charge in [0.25, 0.3) is 5.91 Å². The minimum atomic E-state index is -0.147. The minimum Gasteiger partial charge on any atom is -0.356 e. The number of aryl methyl sites for hydroxylation is 2. The monoisotopic (exact) mass is 369 g/mol. The highest BCUT2D eigenvalue weighted by atomic mass is 16.2. The summed E-state index contributed by atoms with van der Waals surface area (Å²) in [5.41, 5.74) is 2.68. The van der Waals surface area contributed by atoms with Crippen molar-refractivity contribution < 1.29 is 9.59 Å². The van der Waals surface area contributed by atoms with E-state index in [0.717, 1.165) is 37.2 Å². The topological polar surface area (TPSA) is 79.3 Å². The molecule has 3 rings (SSSR count). The van der Waals surface area contributed by atoms with Crippen molar-refractivity contribution in [2.24, 2.45) is 13.0 Å². The third-order valence-corrected chi connectivity index (χ3v) is 4.97. The molecule has 0 saturated carbocycles. The summed E-state index contributed by atoms with van der Waals surface area (Å²) in [6.45, 7) is 7.03. The summed E-state index contributed by atoms with van der Waals surface area (Å²) >= 11 is 0. The predicted octanol–water partition coefficient (Wildman–Crippen LogP) is 1.94. The first-order chi connectivity index (χ1) is 13.0. The first-order valence-corrected chi connectivity index (χ1v) is 9.37. The molecule has 0 aliphatic carbocycles. The molecule has 1 fully saturated rings. The van der Waals surface area contributed by atoms with Gasteiger partial charge in [0, 0.05) is 37.8 Å². The number of hydrogen-bond acceptors (Lipinski definition) is 4. The fraction of sp³-hybridized carbons (Fsp3) is 0.450. The van der Waals surface area contributed by atoms with Crippen LogP contribution in [0.4, 0.5) is 5.82 Å². The van der Waals surface area contributed by atoms with E-state index >= 15 is 0 Å². The summed E-state index contributed by atoms with van der Waals surface area (Å²) in [4.78, 5) is 26.7. The van der Waals surface area contributed by atoms with Crippen LogP contribution in [0, 0.1) is 12.8 Å². The Morgan fingerprint density at radius 2 is 2.00 bits per heavy atom. The van der Waals surface area contributed by atoms with E-state index in [1.165, 1.54) is 0 Å². The normalized spacial score (nSPS) is 17.1. The lowest BCUT2D eigenvalue weighted by atomic mass is 10.1. The van der Waals surface area contributed by atoms with Gasteiger partial charge in [0.2, 0.25) is 5.91 Å². The number of nitrogens with one attached hydrogen (secondary N) is 2. The summed E-state index contributed by atoms with van der Waals surface area (Å²) < 4.78 is 1.65. The Morgan fingerprint density at radius 3 is 2.63 bits per heavy atom. The molecule has 7 nitrogen and oxygen atoms in total. The van der Waals surface area contributed by atoms with E-state index in [9.17, 15) is 9.59 Å². The number of nitrogens with zero attached hydrogens (tertiary/aromatic N) is 3. The van der Waals surface area contributed by atoms with Crippen LogP contribution in [0.5, 0.6) is 0 Å². The van der Waals surface area contributed by atoms with E-state index in [0.29, 0.717) is 17.9 Å². The lowest BCUT2D eigenvalue weighted by Crippen LogP contribution is -2.32. The van der Waals surface area contributed by atoms with E-state index in [1.807, 2.05) is 38.1 Å². The molecule has 144 valence electrons. The van der Waals surface area contributed by atoms with Crippen LogP contribution in [0.2, 0.25) is 0 Å². The van der Waals surface area contributed by atoms with Crippen molar-refractivity contribution in [2.45, 2.75) is 26.8 Å². The molecule has 1 aromatic carbocycles. The second-order valence-electron chi connectivity index (χ2n) is 7.07. The Balaban J connectivity index is 1.56. The molecule has 1 saturated heterocycles. The zero-order valence-corrected chi connectivity index (χ0v) is 16.2. The smallest absolute Gasteiger partial charge is 0.256 e. The molecule has 2 N–H and O–H groups in total. The van der Waals surface area contributed by atoms with Crippen molar-refractivity contribution in [1.82, 2.24) is 20.0 Å². The Kier molecular flexibility index (Phi) is 5.91. The predicted molar refractivity (Wildman–Crippen MR) is 104 cm³/mol. The number of amides is 2. The number of carbonyl (C=O) groups is 2. The number of likely N-dealkylation sites (tertiary alicyclic amines) is 1. The van der Waals surface area contributed by atoms with Gasteiger partial charge < -0.3 is 10.6 Å². The maximum absolute atomic E-state index is 12.4. The Bertz CT molecular complexity index is 793. The molecule has 0 bridgehead atoms. The Labute approximate surface area is 159 Å². The van der Waals surface area contributed by atoms with Crippen LogP contribution < -0.4 is 10.6 Å². The fourth-order valence-corrected chi connectivity index (χ4v) is 3.44. The molecule has 1 atom stereocenters. The standard InChI is InChI=1S/C20H27N5O2/c1-4-21-19(26)17-9-10-25(13-17)12-15-5-7-16(8-6-15)20(27)23-18-14(2)11-22-24(18)3/h5-8,11,17H,4,9-10,12-13H2,1-3H3,(H,21,26)(H,23,27)/t17-/m0/s1. The molecule has 1 aliphatic heterocycles. The van der Waals surface area contributed by atoms with E-state index in [4.69, 9.17) is 0 Å². The van der Waals surface area contributed by atoms with E-state index in [2.05, 4.69) is 20.6 Å². The quantitative estimate of drug-likeness (QED) is 0.816. The summed E-state index contributed by atoms with van der Waals surface area (Å²) in [5, 5.41) is 9.94. The summed E-state index contributed by atoms with van der Waals surface area (Å²) in [5.74, 6) is 0.790. The zero-order chi connectivity index (χ0) is 19.4. The second-order valence-corrected chi connectivity index (χ2v) is 7.07. The van der Waals surface area contributed by atoms with Gasteiger partial charge in [-0.15, -0.1) is 0 Å². The minimum absolute atomic E-state index is 0.0807. The molecule has 0 radical (unpaired) electrons. The van der Waals surface area contributed by atoms with Crippen LogP contribution in [-0.2, 0) is 18.4 Å². The first kappa shape index (κ1) is 19.1. The molecule has 0 spiro atoms. The molecule has 2 aromatic rings. The largest absolute Gasteiger partial charge is 0.356 e. The number of benzene rings is 1. The van der Waals surface area contributed by atoms with Gasteiger partial charge in [0.15, 0.2) is 0 Å². The van der Waals surface area contributed by atoms with Crippen molar-refractivity contribution in [3.05, 3.63) is 47.2 Å². The molecular formula is C20H27N5O2. The van der Waals surface area contributed by atoms with Crippen LogP contribution >= 0.6 is 0 Å².